The Labute approximate surface area is 81.6 Å². The second-order valence-electron chi connectivity index (χ2n) is 2.89. The van der Waals surface area contributed by atoms with E-state index in [-0.39, 0.29) is 5.48 Å². The maximum atomic E-state index is 10.4. The van der Waals surface area contributed by atoms with Gasteiger partial charge in [-0.1, -0.05) is 12.1 Å². The molecule has 0 saturated heterocycles. The minimum atomic E-state index is -0.989. The monoisotopic (exact) mass is 198 g/mol. The van der Waals surface area contributed by atoms with Crippen LogP contribution in [-0.2, 0) is 11.2 Å². The Morgan fingerprint density at radius 1 is 1.36 bits per heavy atom. The van der Waals surface area contributed by atoms with Crippen molar-refractivity contribution >= 4 is 11.7 Å². The first-order valence-electron chi connectivity index (χ1n) is 3.92. The molecule has 5 heteroatoms. The van der Waals surface area contributed by atoms with Gasteiger partial charge in [0.1, 0.15) is 6.04 Å². The van der Waals surface area contributed by atoms with E-state index in [9.17, 15) is 4.79 Å². The number of nitrogens with two attached hydrogens (primary N) is 2. The Balaban J connectivity index is 0.00000169. The lowest BCUT2D eigenvalue weighted by Crippen LogP contribution is -2.32. The van der Waals surface area contributed by atoms with Crippen LogP contribution in [-0.4, -0.2) is 22.6 Å². The van der Waals surface area contributed by atoms with Crippen LogP contribution in [0, 0.1) is 0 Å². The standard InChI is InChI=1S/C9H12N2O2.H2O/c10-7-3-1-6(2-4-7)5-8(11)9(12)13;/h1-4,8H,5,10-11H2,(H,12,13);1H2/t8-;/m0./s1. The number of hydrogen-bond donors (Lipinski definition) is 3. The molecule has 5 nitrogen and oxygen atoms in total. The van der Waals surface area contributed by atoms with Gasteiger partial charge in [-0.05, 0) is 24.1 Å². The molecular formula is C9H14N2O3. The molecule has 0 saturated carbocycles. The Hall–Kier alpha value is -1.59. The molecule has 0 unspecified atom stereocenters. The van der Waals surface area contributed by atoms with E-state index >= 15 is 0 Å². The number of anilines is 1. The van der Waals surface area contributed by atoms with Crippen molar-refractivity contribution in [2.45, 2.75) is 12.5 Å². The highest BCUT2D eigenvalue weighted by Crippen LogP contribution is 2.07. The van der Waals surface area contributed by atoms with E-state index in [0.717, 1.165) is 5.56 Å². The third-order valence-corrected chi connectivity index (χ3v) is 1.75. The van der Waals surface area contributed by atoms with Gasteiger partial charge in [-0.3, -0.25) is 4.79 Å². The number of hydrogen-bond acceptors (Lipinski definition) is 3. The number of benzene rings is 1. The first-order chi connectivity index (χ1) is 6.09. The summed E-state index contributed by atoms with van der Waals surface area (Å²) in [5.41, 5.74) is 12.4. The summed E-state index contributed by atoms with van der Waals surface area (Å²) < 4.78 is 0. The highest BCUT2D eigenvalue weighted by atomic mass is 16.4. The topological polar surface area (TPSA) is 121 Å². The molecule has 1 aromatic rings. The van der Waals surface area contributed by atoms with Gasteiger partial charge in [-0.2, -0.15) is 0 Å². The van der Waals surface area contributed by atoms with Gasteiger partial charge in [0.25, 0.3) is 0 Å². The number of aliphatic carboxylic acids is 1. The molecule has 1 aromatic carbocycles. The van der Waals surface area contributed by atoms with Crippen molar-refractivity contribution in [3.63, 3.8) is 0 Å². The van der Waals surface area contributed by atoms with Crippen LogP contribution in [0.25, 0.3) is 0 Å². The van der Waals surface area contributed by atoms with E-state index < -0.39 is 12.0 Å². The van der Waals surface area contributed by atoms with Crippen LogP contribution in [0.15, 0.2) is 24.3 Å². The quantitative estimate of drug-likeness (QED) is 0.561. The van der Waals surface area contributed by atoms with Gasteiger partial charge >= 0.3 is 5.97 Å². The van der Waals surface area contributed by atoms with Gasteiger partial charge < -0.3 is 22.1 Å². The molecular weight excluding hydrogens is 184 g/mol. The van der Waals surface area contributed by atoms with Crippen LogP contribution in [0.1, 0.15) is 5.56 Å². The van der Waals surface area contributed by atoms with E-state index in [1.807, 2.05) is 0 Å². The van der Waals surface area contributed by atoms with E-state index in [4.69, 9.17) is 16.6 Å². The van der Waals surface area contributed by atoms with Crippen molar-refractivity contribution in [3.05, 3.63) is 29.8 Å². The van der Waals surface area contributed by atoms with Gasteiger partial charge in [0.05, 0.1) is 0 Å². The Bertz CT molecular complexity index is 297. The molecule has 0 fully saturated rings. The molecule has 0 bridgehead atoms. The number of carboxylic acids is 1. The molecule has 0 heterocycles. The molecule has 0 aromatic heterocycles. The van der Waals surface area contributed by atoms with Gasteiger partial charge in [-0.25, -0.2) is 0 Å². The Kier molecular flexibility index (Phi) is 4.62. The molecule has 1 atom stereocenters. The smallest absolute Gasteiger partial charge is 0.320 e. The van der Waals surface area contributed by atoms with Crippen LogP contribution in [0.5, 0.6) is 0 Å². The summed E-state index contributed by atoms with van der Waals surface area (Å²) in [7, 11) is 0. The number of nitrogen functional groups attached to an aromatic ring is 1. The fraction of sp³-hybridized carbons (Fsp3) is 0.222. The fourth-order valence-electron chi connectivity index (χ4n) is 0.995. The SMILES string of the molecule is Nc1ccc(C[C@H](N)C(=O)O)cc1.O. The molecule has 0 amide bonds. The van der Waals surface area contributed by atoms with E-state index in [2.05, 4.69) is 0 Å². The molecule has 1 rings (SSSR count). The Morgan fingerprint density at radius 2 is 1.86 bits per heavy atom. The average molecular weight is 198 g/mol. The second kappa shape index (κ2) is 5.21. The number of carbonyl (C=O) groups is 1. The molecule has 14 heavy (non-hydrogen) atoms. The van der Waals surface area contributed by atoms with Crippen LogP contribution >= 0.6 is 0 Å². The highest BCUT2D eigenvalue weighted by molar-refractivity contribution is 5.73. The predicted molar refractivity (Wildman–Crippen MR) is 53.8 cm³/mol. The maximum Gasteiger partial charge on any atom is 0.320 e. The van der Waals surface area contributed by atoms with E-state index in [0.29, 0.717) is 12.1 Å². The van der Waals surface area contributed by atoms with E-state index in [1.54, 1.807) is 24.3 Å². The average Bonchev–Trinajstić information content (AvgIpc) is 2.08. The number of carboxylic acid groups (broad SMARTS) is 1. The summed E-state index contributed by atoms with van der Waals surface area (Å²) in [6.07, 6.45) is 0.329. The summed E-state index contributed by atoms with van der Waals surface area (Å²) in [4.78, 5) is 10.4. The minimum absolute atomic E-state index is 0. The highest BCUT2D eigenvalue weighted by Gasteiger charge is 2.11. The second-order valence-corrected chi connectivity index (χ2v) is 2.89. The first-order valence-corrected chi connectivity index (χ1v) is 3.92. The molecule has 7 N–H and O–H groups in total. The van der Waals surface area contributed by atoms with Gasteiger partial charge in [0, 0.05) is 5.69 Å². The van der Waals surface area contributed by atoms with Crippen molar-refractivity contribution in [1.29, 1.82) is 0 Å². The lowest BCUT2D eigenvalue weighted by molar-refractivity contribution is -0.138. The summed E-state index contributed by atoms with van der Waals surface area (Å²) in [5.74, 6) is -0.989. The summed E-state index contributed by atoms with van der Waals surface area (Å²) in [5, 5.41) is 8.55. The van der Waals surface area contributed by atoms with Gasteiger partial charge in [0.15, 0.2) is 0 Å². The predicted octanol–water partition coefficient (Wildman–Crippen LogP) is -0.602. The van der Waals surface area contributed by atoms with Crippen molar-refractivity contribution in [3.8, 4) is 0 Å². The van der Waals surface area contributed by atoms with Gasteiger partial charge in [0.2, 0.25) is 0 Å². The van der Waals surface area contributed by atoms with Crippen molar-refractivity contribution in [1.82, 2.24) is 0 Å². The van der Waals surface area contributed by atoms with Crippen molar-refractivity contribution in [2.75, 3.05) is 5.73 Å². The van der Waals surface area contributed by atoms with Gasteiger partial charge in [-0.15, -0.1) is 0 Å². The molecule has 0 aliphatic rings. The zero-order valence-corrected chi connectivity index (χ0v) is 7.60. The van der Waals surface area contributed by atoms with Crippen LogP contribution in [0.2, 0.25) is 0 Å². The molecule has 0 aliphatic heterocycles. The zero-order chi connectivity index (χ0) is 9.84. The molecule has 0 aliphatic carbocycles. The Morgan fingerprint density at radius 3 is 2.29 bits per heavy atom. The van der Waals surface area contributed by atoms with Crippen LogP contribution in [0.3, 0.4) is 0 Å². The lowest BCUT2D eigenvalue weighted by Gasteiger charge is -2.05. The largest absolute Gasteiger partial charge is 0.480 e. The first kappa shape index (κ1) is 12.4. The molecule has 0 spiro atoms. The maximum absolute atomic E-state index is 10.4. The summed E-state index contributed by atoms with van der Waals surface area (Å²) >= 11 is 0. The van der Waals surface area contributed by atoms with Crippen LogP contribution < -0.4 is 11.5 Å². The lowest BCUT2D eigenvalue weighted by atomic mass is 10.1. The minimum Gasteiger partial charge on any atom is -0.480 e. The summed E-state index contributed by atoms with van der Waals surface area (Å²) in [6, 6.07) is 6.16. The third kappa shape index (κ3) is 3.42. The van der Waals surface area contributed by atoms with Crippen molar-refractivity contribution in [2.24, 2.45) is 5.73 Å². The normalized spacial score (nSPS) is 11.5. The summed E-state index contributed by atoms with van der Waals surface area (Å²) in [6.45, 7) is 0. The zero-order valence-electron chi connectivity index (χ0n) is 7.60. The fourth-order valence-corrected chi connectivity index (χ4v) is 0.995. The third-order valence-electron chi connectivity index (χ3n) is 1.75. The number of rotatable bonds is 3. The molecule has 0 radical (unpaired) electrons. The van der Waals surface area contributed by atoms with E-state index in [1.165, 1.54) is 0 Å². The molecule has 78 valence electrons. The van der Waals surface area contributed by atoms with Crippen molar-refractivity contribution < 1.29 is 15.4 Å². The van der Waals surface area contributed by atoms with Crippen LogP contribution in [0.4, 0.5) is 5.69 Å².